The van der Waals surface area contributed by atoms with Crippen molar-refractivity contribution in [2.24, 2.45) is 0 Å². The summed E-state index contributed by atoms with van der Waals surface area (Å²) in [4.78, 5) is 15.1. The Morgan fingerprint density at radius 3 is 1.84 bits per heavy atom. The molecule has 4 aromatic rings. The van der Waals surface area contributed by atoms with E-state index < -0.39 is 0 Å². The van der Waals surface area contributed by atoms with Crippen LogP contribution in [-0.2, 0) is 0 Å². The summed E-state index contributed by atoms with van der Waals surface area (Å²) in [6.07, 6.45) is 7.75. The predicted octanol–water partition coefficient (Wildman–Crippen LogP) is 1.09. The van der Waals surface area contributed by atoms with E-state index in [2.05, 4.69) is 44.5 Å². The Bertz CT molecular complexity index is 790. The molecule has 0 bridgehead atoms. The summed E-state index contributed by atoms with van der Waals surface area (Å²) in [7, 11) is 0. The second kappa shape index (κ2) is 4.23. The summed E-state index contributed by atoms with van der Waals surface area (Å²) in [5, 5.41) is 2.42. The Labute approximate surface area is 115 Å². The molecule has 0 aromatic carbocycles. The number of hydrogen-bond donors (Lipinski definition) is 2. The minimum absolute atomic E-state index is 0.239. The third kappa shape index (κ3) is 1.75. The first-order valence-electron chi connectivity index (χ1n) is 5.94. The molecular weight excluding hydrogens is 303 g/mol. The molecule has 0 aliphatic carbocycles. The normalized spacial score (nSPS) is 11.4. The van der Waals surface area contributed by atoms with E-state index in [0.717, 1.165) is 11.3 Å². The van der Waals surface area contributed by atoms with Crippen molar-refractivity contribution in [2.45, 2.75) is 0 Å². The van der Waals surface area contributed by atoms with Gasteiger partial charge in [0.25, 0.3) is 0 Å². The number of aromatic nitrogens is 4. The van der Waals surface area contributed by atoms with Gasteiger partial charge in [-0.1, -0.05) is 0 Å². The van der Waals surface area contributed by atoms with E-state index in [1.165, 1.54) is 19.7 Å². The number of hydrogen-bond acceptors (Lipinski definition) is 2. The summed E-state index contributed by atoms with van der Waals surface area (Å²) in [6, 6.07) is 8.19. The van der Waals surface area contributed by atoms with Crippen molar-refractivity contribution in [1.82, 2.24) is 19.9 Å². The van der Waals surface area contributed by atoms with Crippen LogP contribution in [-0.4, -0.2) is 34.9 Å². The molecule has 0 saturated heterocycles. The van der Waals surface area contributed by atoms with Crippen molar-refractivity contribution in [3.63, 3.8) is 0 Å². The monoisotopic (exact) mass is 314 g/mol. The first-order chi connectivity index (χ1) is 9.42. The molecule has 0 saturated carbocycles. The molecule has 0 aliphatic rings. The Morgan fingerprint density at radius 2 is 1.32 bits per heavy atom. The standard InChI is InChI=1S/C14H10N4Se/c1-3-9-11(7-17-13(9)15-5-1)19-12-8-18-14-10(12)4-2-6-16-14/h1-8H,(H,15,17)(H,16,18). The van der Waals surface area contributed by atoms with Crippen LogP contribution in [0.2, 0.25) is 0 Å². The van der Waals surface area contributed by atoms with Gasteiger partial charge in [0.15, 0.2) is 0 Å². The first kappa shape index (κ1) is 10.8. The van der Waals surface area contributed by atoms with Gasteiger partial charge in [-0.15, -0.1) is 0 Å². The topological polar surface area (TPSA) is 57.4 Å². The van der Waals surface area contributed by atoms with Gasteiger partial charge in [-0.25, -0.2) is 0 Å². The van der Waals surface area contributed by atoms with Crippen molar-refractivity contribution < 1.29 is 0 Å². The van der Waals surface area contributed by atoms with Crippen LogP contribution in [0.5, 0.6) is 0 Å². The molecule has 0 atom stereocenters. The fourth-order valence-electron chi connectivity index (χ4n) is 2.15. The van der Waals surface area contributed by atoms with Crippen LogP contribution < -0.4 is 8.92 Å². The molecule has 0 radical (unpaired) electrons. The summed E-state index contributed by atoms with van der Waals surface area (Å²) in [6.45, 7) is 0. The molecule has 0 amide bonds. The molecule has 0 fully saturated rings. The van der Waals surface area contributed by atoms with Crippen molar-refractivity contribution in [3.05, 3.63) is 49.1 Å². The third-order valence-electron chi connectivity index (χ3n) is 3.05. The van der Waals surface area contributed by atoms with Crippen LogP contribution in [0, 0.1) is 0 Å². The van der Waals surface area contributed by atoms with Gasteiger partial charge in [-0.2, -0.15) is 0 Å². The molecule has 5 heteroatoms. The Kier molecular flexibility index (Phi) is 2.40. The van der Waals surface area contributed by atoms with E-state index >= 15 is 0 Å². The van der Waals surface area contributed by atoms with E-state index in [4.69, 9.17) is 0 Å². The van der Waals surface area contributed by atoms with Crippen LogP contribution in [0.3, 0.4) is 0 Å². The molecule has 4 nitrogen and oxygen atoms in total. The number of pyridine rings is 2. The number of rotatable bonds is 2. The molecule has 19 heavy (non-hydrogen) atoms. The SMILES string of the molecule is c1cnc2[nH]cc([Se]c3c[nH]c4ncccc34)c2c1. The van der Waals surface area contributed by atoms with Gasteiger partial charge >= 0.3 is 115 Å². The quantitative estimate of drug-likeness (QED) is 0.544. The fraction of sp³-hybridized carbons (Fsp3) is 0. The van der Waals surface area contributed by atoms with Crippen LogP contribution in [0.25, 0.3) is 22.1 Å². The Balaban J connectivity index is 1.82. The average Bonchev–Trinajstić information content (AvgIpc) is 3.05. The molecular formula is C14H10N4Se. The molecule has 92 valence electrons. The van der Waals surface area contributed by atoms with Crippen LogP contribution in [0.15, 0.2) is 49.1 Å². The summed E-state index contributed by atoms with van der Waals surface area (Å²) < 4.78 is 2.64. The van der Waals surface area contributed by atoms with Crippen molar-refractivity contribution in [3.8, 4) is 0 Å². The maximum absolute atomic E-state index is 4.33. The first-order valence-corrected chi connectivity index (χ1v) is 7.65. The van der Waals surface area contributed by atoms with Gasteiger partial charge in [0, 0.05) is 0 Å². The van der Waals surface area contributed by atoms with E-state index in [1.807, 2.05) is 24.5 Å². The van der Waals surface area contributed by atoms with Crippen molar-refractivity contribution in [2.75, 3.05) is 0 Å². The van der Waals surface area contributed by atoms with Crippen LogP contribution >= 0.6 is 0 Å². The molecule has 4 aromatic heterocycles. The molecule has 0 unspecified atom stereocenters. The fourth-order valence-corrected chi connectivity index (χ4v) is 4.29. The van der Waals surface area contributed by atoms with Crippen molar-refractivity contribution >= 4 is 45.9 Å². The average molecular weight is 313 g/mol. The minimum atomic E-state index is 0.239. The number of nitrogens with one attached hydrogen (secondary N) is 2. The summed E-state index contributed by atoms with van der Waals surface area (Å²) >= 11 is 0.239. The number of H-pyrrole nitrogens is 2. The molecule has 0 spiro atoms. The maximum atomic E-state index is 4.33. The zero-order valence-corrected chi connectivity index (χ0v) is 11.6. The Hall–Kier alpha value is -2.10. The van der Waals surface area contributed by atoms with Gasteiger partial charge in [0.2, 0.25) is 0 Å². The zero-order chi connectivity index (χ0) is 12.7. The van der Waals surface area contributed by atoms with Crippen molar-refractivity contribution in [1.29, 1.82) is 0 Å². The van der Waals surface area contributed by atoms with Gasteiger partial charge in [-0.05, 0) is 0 Å². The Morgan fingerprint density at radius 1 is 0.789 bits per heavy atom. The van der Waals surface area contributed by atoms with Gasteiger partial charge in [-0.3, -0.25) is 0 Å². The summed E-state index contributed by atoms with van der Waals surface area (Å²) in [5.41, 5.74) is 1.91. The van der Waals surface area contributed by atoms with Crippen LogP contribution in [0.4, 0.5) is 0 Å². The number of nitrogens with zero attached hydrogens (tertiary/aromatic N) is 2. The predicted molar refractivity (Wildman–Crippen MR) is 77.2 cm³/mol. The molecule has 4 heterocycles. The number of aromatic amines is 2. The molecule has 0 aliphatic heterocycles. The van der Waals surface area contributed by atoms with E-state index in [9.17, 15) is 0 Å². The second-order valence-electron chi connectivity index (χ2n) is 4.21. The summed E-state index contributed by atoms with van der Waals surface area (Å²) in [5.74, 6) is 0. The van der Waals surface area contributed by atoms with E-state index in [1.54, 1.807) is 0 Å². The second-order valence-corrected chi connectivity index (χ2v) is 6.48. The molecule has 2 N–H and O–H groups in total. The van der Waals surface area contributed by atoms with Gasteiger partial charge < -0.3 is 0 Å². The van der Waals surface area contributed by atoms with E-state index in [-0.39, 0.29) is 15.0 Å². The number of fused-ring (bicyclic) bond motifs is 2. The zero-order valence-electron chi connectivity index (χ0n) is 9.92. The van der Waals surface area contributed by atoms with Crippen LogP contribution in [0.1, 0.15) is 0 Å². The van der Waals surface area contributed by atoms with Gasteiger partial charge in [0.05, 0.1) is 0 Å². The van der Waals surface area contributed by atoms with Gasteiger partial charge in [0.1, 0.15) is 0 Å². The van der Waals surface area contributed by atoms with E-state index in [0.29, 0.717) is 0 Å². The molecule has 4 rings (SSSR count). The third-order valence-corrected chi connectivity index (χ3v) is 5.39.